The van der Waals surface area contributed by atoms with Gasteiger partial charge in [-0.15, -0.1) is 11.8 Å². The fourth-order valence-corrected chi connectivity index (χ4v) is 4.13. The van der Waals surface area contributed by atoms with Crippen LogP contribution in [0.15, 0.2) is 96.0 Å². The summed E-state index contributed by atoms with van der Waals surface area (Å²) in [7, 11) is 1.64. The molecule has 0 aliphatic rings. The summed E-state index contributed by atoms with van der Waals surface area (Å²) in [5.41, 5.74) is 4.22. The second-order valence-electron chi connectivity index (χ2n) is 6.95. The molecule has 0 amide bonds. The van der Waals surface area contributed by atoms with Crippen molar-refractivity contribution >= 4 is 11.8 Å². The summed E-state index contributed by atoms with van der Waals surface area (Å²) in [5, 5.41) is 10.7. The Morgan fingerprint density at radius 3 is 2.19 bits per heavy atom. The van der Waals surface area contributed by atoms with Gasteiger partial charge in [0.2, 0.25) is 0 Å². The standard InChI is InChI=1S/C27H22N2O2S/c1-30-22-14-12-20(13-15-22)24-18-26(21-8-4-2-5-9-21)29-27(25(24)19-28)32-17-16-31-23-10-6-3-7-11-23/h2-15,18H,16-17H2,1H3. The van der Waals surface area contributed by atoms with Gasteiger partial charge in [-0.05, 0) is 35.9 Å². The first kappa shape index (κ1) is 21.5. The second-order valence-corrected chi connectivity index (χ2v) is 8.04. The molecule has 0 fully saturated rings. The van der Waals surface area contributed by atoms with Gasteiger partial charge < -0.3 is 9.47 Å². The van der Waals surface area contributed by atoms with Crippen LogP contribution in [-0.2, 0) is 0 Å². The molecular weight excluding hydrogens is 416 g/mol. The Balaban J connectivity index is 1.66. The van der Waals surface area contributed by atoms with E-state index in [9.17, 15) is 5.26 Å². The summed E-state index contributed by atoms with van der Waals surface area (Å²) >= 11 is 1.53. The third kappa shape index (κ3) is 5.11. The summed E-state index contributed by atoms with van der Waals surface area (Å²) < 4.78 is 11.1. The molecule has 0 bridgehead atoms. The topological polar surface area (TPSA) is 55.1 Å². The van der Waals surface area contributed by atoms with Gasteiger partial charge in [-0.2, -0.15) is 5.26 Å². The molecule has 32 heavy (non-hydrogen) atoms. The largest absolute Gasteiger partial charge is 0.497 e. The highest BCUT2D eigenvalue weighted by Crippen LogP contribution is 2.34. The van der Waals surface area contributed by atoms with Crippen LogP contribution >= 0.6 is 11.8 Å². The average Bonchev–Trinajstić information content (AvgIpc) is 2.87. The van der Waals surface area contributed by atoms with E-state index in [4.69, 9.17) is 14.5 Å². The molecular formula is C27H22N2O2S. The molecule has 0 radical (unpaired) electrons. The van der Waals surface area contributed by atoms with Crippen LogP contribution in [0.25, 0.3) is 22.4 Å². The zero-order chi connectivity index (χ0) is 22.2. The summed E-state index contributed by atoms with van der Waals surface area (Å²) in [6.07, 6.45) is 0. The molecule has 0 N–H and O–H groups in total. The highest BCUT2D eigenvalue weighted by molar-refractivity contribution is 7.99. The summed E-state index contributed by atoms with van der Waals surface area (Å²) in [6.45, 7) is 0.522. The quantitative estimate of drug-likeness (QED) is 0.233. The molecule has 4 aromatic rings. The lowest BCUT2D eigenvalue weighted by Gasteiger charge is -2.13. The predicted octanol–water partition coefficient (Wildman–Crippen LogP) is 6.47. The zero-order valence-corrected chi connectivity index (χ0v) is 18.5. The van der Waals surface area contributed by atoms with Crippen molar-refractivity contribution in [2.75, 3.05) is 19.5 Å². The number of benzene rings is 3. The maximum absolute atomic E-state index is 10.00. The lowest BCUT2D eigenvalue weighted by molar-refractivity contribution is 0.344. The van der Waals surface area contributed by atoms with Crippen LogP contribution in [0.5, 0.6) is 11.5 Å². The Kier molecular flexibility index (Phi) is 7.06. The maximum atomic E-state index is 10.00. The molecule has 1 heterocycles. The molecule has 0 saturated carbocycles. The predicted molar refractivity (Wildman–Crippen MR) is 129 cm³/mol. The molecule has 3 aromatic carbocycles. The van der Waals surface area contributed by atoms with E-state index < -0.39 is 0 Å². The number of hydrogen-bond donors (Lipinski definition) is 0. The van der Waals surface area contributed by atoms with E-state index in [1.165, 1.54) is 11.8 Å². The molecule has 0 spiro atoms. The number of methoxy groups -OCH3 is 1. The van der Waals surface area contributed by atoms with Gasteiger partial charge in [0.15, 0.2) is 0 Å². The van der Waals surface area contributed by atoms with Gasteiger partial charge in [0.05, 0.1) is 25.0 Å². The smallest absolute Gasteiger partial charge is 0.119 e. The monoisotopic (exact) mass is 438 g/mol. The number of nitriles is 1. The highest BCUT2D eigenvalue weighted by atomic mass is 32.2. The third-order valence-corrected chi connectivity index (χ3v) is 5.84. The number of rotatable bonds is 8. The summed E-state index contributed by atoms with van der Waals surface area (Å²) in [4.78, 5) is 4.84. The van der Waals surface area contributed by atoms with Crippen LogP contribution in [0.4, 0.5) is 0 Å². The lowest BCUT2D eigenvalue weighted by atomic mass is 9.99. The van der Waals surface area contributed by atoms with Crippen molar-refractivity contribution in [3.05, 3.63) is 96.6 Å². The fourth-order valence-electron chi connectivity index (χ4n) is 3.30. The Hall–Kier alpha value is -3.75. The minimum Gasteiger partial charge on any atom is -0.497 e. The number of pyridine rings is 1. The first-order chi connectivity index (χ1) is 15.8. The molecule has 4 rings (SSSR count). The Bertz CT molecular complexity index is 1200. The third-order valence-electron chi connectivity index (χ3n) is 4.90. The number of ether oxygens (including phenoxy) is 2. The molecule has 0 aliphatic heterocycles. The molecule has 5 heteroatoms. The summed E-state index contributed by atoms with van der Waals surface area (Å²) in [5.74, 6) is 2.28. The molecule has 158 valence electrons. The molecule has 1 aromatic heterocycles. The van der Waals surface area contributed by atoms with Crippen LogP contribution in [0.3, 0.4) is 0 Å². The van der Waals surface area contributed by atoms with Crippen molar-refractivity contribution in [1.82, 2.24) is 4.98 Å². The van der Waals surface area contributed by atoms with Crippen LogP contribution in [0.2, 0.25) is 0 Å². The Morgan fingerprint density at radius 2 is 1.53 bits per heavy atom. The Morgan fingerprint density at radius 1 is 0.844 bits per heavy atom. The van der Waals surface area contributed by atoms with Gasteiger partial charge in [0, 0.05) is 16.9 Å². The van der Waals surface area contributed by atoms with Crippen LogP contribution < -0.4 is 9.47 Å². The Labute approximate surface area is 192 Å². The van der Waals surface area contributed by atoms with Crippen molar-refractivity contribution in [2.24, 2.45) is 0 Å². The van der Waals surface area contributed by atoms with Gasteiger partial charge in [-0.3, -0.25) is 0 Å². The average molecular weight is 439 g/mol. The van der Waals surface area contributed by atoms with E-state index in [0.717, 1.165) is 33.9 Å². The van der Waals surface area contributed by atoms with Crippen molar-refractivity contribution in [2.45, 2.75) is 5.03 Å². The van der Waals surface area contributed by atoms with Gasteiger partial charge in [0.1, 0.15) is 22.6 Å². The number of para-hydroxylation sites is 1. The number of nitrogens with zero attached hydrogens (tertiary/aromatic N) is 2. The van der Waals surface area contributed by atoms with Crippen LogP contribution in [-0.4, -0.2) is 24.5 Å². The van der Waals surface area contributed by atoms with Crippen molar-refractivity contribution in [1.29, 1.82) is 5.26 Å². The minimum absolute atomic E-state index is 0.522. The zero-order valence-electron chi connectivity index (χ0n) is 17.7. The van der Waals surface area contributed by atoms with Gasteiger partial charge in [0.25, 0.3) is 0 Å². The first-order valence-electron chi connectivity index (χ1n) is 10.2. The first-order valence-corrected chi connectivity index (χ1v) is 11.2. The molecule has 0 unspecified atom stereocenters. The highest BCUT2D eigenvalue weighted by Gasteiger charge is 2.16. The number of aromatic nitrogens is 1. The van der Waals surface area contributed by atoms with E-state index >= 15 is 0 Å². The van der Waals surface area contributed by atoms with Gasteiger partial charge in [-0.25, -0.2) is 4.98 Å². The SMILES string of the molecule is COc1ccc(-c2cc(-c3ccccc3)nc(SCCOc3ccccc3)c2C#N)cc1. The second kappa shape index (κ2) is 10.5. The molecule has 0 saturated heterocycles. The maximum Gasteiger partial charge on any atom is 0.119 e. The molecule has 0 aliphatic carbocycles. The lowest BCUT2D eigenvalue weighted by Crippen LogP contribution is -2.02. The molecule has 4 nitrogen and oxygen atoms in total. The summed E-state index contributed by atoms with van der Waals surface area (Å²) in [6, 6.07) is 31.8. The fraction of sp³-hybridized carbons (Fsp3) is 0.111. The number of thioether (sulfide) groups is 1. The van der Waals surface area contributed by atoms with Crippen LogP contribution in [0.1, 0.15) is 5.56 Å². The van der Waals surface area contributed by atoms with E-state index in [1.807, 2.05) is 91.0 Å². The van der Waals surface area contributed by atoms with E-state index in [1.54, 1.807) is 7.11 Å². The van der Waals surface area contributed by atoms with Gasteiger partial charge >= 0.3 is 0 Å². The molecule has 0 atom stereocenters. The minimum atomic E-state index is 0.522. The van der Waals surface area contributed by atoms with E-state index in [-0.39, 0.29) is 0 Å². The number of hydrogen-bond acceptors (Lipinski definition) is 5. The van der Waals surface area contributed by atoms with Crippen LogP contribution in [0, 0.1) is 11.3 Å². The van der Waals surface area contributed by atoms with Gasteiger partial charge in [-0.1, -0.05) is 60.7 Å². The normalized spacial score (nSPS) is 10.4. The van der Waals surface area contributed by atoms with Crippen molar-refractivity contribution in [3.63, 3.8) is 0 Å². The van der Waals surface area contributed by atoms with Crippen molar-refractivity contribution in [3.8, 4) is 40.0 Å². The van der Waals surface area contributed by atoms with Crippen molar-refractivity contribution < 1.29 is 9.47 Å². The van der Waals surface area contributed by atoms with E-state index in [0.29, 0.717) is 22.9 Å². The van der Waals surface area contributed by atoms with E-state index in [2.05, 4.69) is 6.07 Å².